The van der Waals surface area contributed by atoms with Gasteiger partial charge >= 0.3 is 0 Å². The van der Waals surface area contributed by atoms with Crippen LogP contribution in [0, 0.1) is 0 Å². The molecule has 0 unspecified atom stereocenters. The molecule has 0 saturated carbocycles. The third-order valence-electron chi connectivity index (χ3n) is 5.17. The van der Waals surface area contributed by atoms with E-state index in [0.29, 0.717) is 6.54 Å². The normalized spacial score (nSPS) is 14.1. The predicted molar refractivity (Wildman–Crippen MR) is 103 cm³/mol. The molecule has 0 aliphatic carbocycles. The fraction of sp³-hybridized carbons (Fsp3) is 0.0500. The van der Waals surface area contributed by atoms with Crippen LogP contribution in [0.15, 0.2) is 48.5 Å². The number of aromatic nitrogens is 2. The lowest BCUT2D eigenvalue weighted by Gasteiger charge is -2.03. The van der Waals surface area contributed by atoms with Crippen molar-refractivity contribution in [1.29, 1.82) is 0 Å². The van der Waals surface area contributed by atoms with Crippen LogP contribution in [-0.2, 0) is 6.54 Å². The zero-order valence-electron chi connectivity index (χ0n) is 12.7. The third-order valence-corrected chi connectivity index (χ3v) is 5.17. The van der Waals surface area contributed by atoms with Gasteiger partial charge in [-0.25, -0.2) is 0 Å². The minimum Gasteiger partial charge on any atom is -0.353 e. The van der Waals surface area contributed by atoms with E-state index in [0.717, 1.165) is 49.4 Å². The number of fused-ring (bicyclic) bond motifs is 10. The Labute approximate surface area is 140 Å². The lowest BCUT2D eigenvalue weighted by molar-refractivity contribution is 0.0967. The molecule has 4 heteroatoms. The second kappa shape index (κ2) is 3.97. The monoisotopic (exact) mass is 317 g/mol. The molecular formula is C20H19N3O. The second-order valence-corrected chi connectivity index (χ2v) is 6.38. The number of H-pyrrole nitrogens is 2. The smallest absolute Gasteiger partial charge is 0.252 e. The fourth-order valence-electron chi connectivity index (χ4n) is 4.19. The van der Waals surface area contributed by atoms with Crippen molar-refractivity contribution in [3.8, 4) is 0 Å². The molecule has 120 valence electrons. The van der Waals surface area contributed by atoms with E-state index < -0.39 is 0 Å². The maximum absolute atomic E-state index is 12.6. The van der Waals surface area contributed by atoms with Crippen LogP contribution in [0.5, 0.6) is 0 Å². The lowest BCUT2D eigenvalue weighted by Crippen LogP contribution is -2.12. The number of benzene rings is 3. The van der Waals surface area contributed by atoms with Gasteiger partial charge < -0.3 is 15.3 Å². The quantitative estimate of drug-likeness (QED) is 0.372. The molecule has 6 rings (SSSR count). The van der Waals surface area contributed by atoms with E-state index in [4.69, 9.17) is 0 Å². The first kappa shape index (κ1) is 12.2. The number of hydrogen-bond acceptors (Lipinski definition) is 1. The van der Waals surface area contributed by atoms with Crippen molar-refractivity contribution in [2.24, 2.45) is 0 Å². The number of hydrogen-bond donors (Lipinski definition) is 3. The molecule has 0 spiro atoms. The van der Waals surface area contributed by atoms with Gasteiger partial charge in [0.2, 0.25) is 0 Å². The predicted octanol–water partition coefficient (Wildman–Crippen LogP) is 4.94. The number of aromatic amines is 2. The highest BCUT2D eigenvalue weighted by molar-refractivity contribution is 6.30. The number of amides is 1. The number of para-hydroxylation sites is 2. The summed E-state index contributed by atoms with van der Waals surface area (Å²) < 4.78 is 0. The van der Waals surface area contributed by atoms with Crippen LogP contribution in [0.3, 0.4) is 0 Å². The van der Waals surface area contributed by atoms with Gasteiger partial charge in [-0.05, 0) is 17.7 Å². The Balaban J connectivity index is 0.000000701. The van der Waals surface area contributed by atoms with Crippen LogP contribution < -0.4 is 5.32 Å². The molecule has 2 aromatic heterocycles. The average molecular weight is 317 g/mol. The summed E-state index contributed by atoms with van der Waals surface area (Å²) in [5.41, 5.74) is 6.17. The van der Waals surface area contributed by atoms with Gasteiger partial charge in [-0.3, -0.25) is 4.79 Å². The summed E-state index contributed by atoms with van der Waals surface area (Å²) in [4.78, 5) is 19.7. The van der Waals surface area contributed by atoms with Gasteiger partial charge in [0.05, 0.1) is 16.6 Å². The van der Waals surface area contributed by atoms with Crippen LogP contribution in [0.25, 0.3) is 43.6 Å². The standard InChI is InChI=1S/C20H13N3O.3H2/c24-20-17-12(9-21-20)15-10-5-1-3-7-13(10)22-18(15)19-16(17)11-6-2-4-8-14(11)23-19;;;/h1-8,22-23H,9H2,(H,21,24);3*1H. The molecule has 0 atom stereocenters. The molecule has 0 radical (unpaired) electrons. The molecule has 3 N–H and O–H groups in total. The summed E-state index contributed by atoms with van der Waals surface area (Å²) in [6.45, 7) is 0.585. The third kappa shape index (κ3) is 1.28. The van der Waals surface area contributed by atoms with E-state index in [1.165, 1.54) is 5.39 Å². The Morgan fingerprint density at radius 1 is 0.792 bits per heavy atom. The van der Waals surface area contributed by atoms with Gasteiger partial charge in [-0.1, -0.05) is 36.4 Å². The second-order valence-electron chi connectivity index (χ2n) is 6.38. The molecule has 1 aliphatic heterocycles. The van der Waals surface area contributed by atoms with Crippen LogP contribution in [0.1, 0.15) is 20.2 Å². The van der Waals surface area contributed by atoms with E-state index >= 15 is 0 Å². The average Bonchev–Trinajstić information content (AvgIpc) is 3.27. The molecule has 0 fully saturated rings. The molecular weight excluding hydrogens is 298 g/mol. The Morgan fingerprint density at radius 2 is 1.38 bits per heavy atom. The number of rotatable bonds is 0. The summed E-state index contributed by atoms with van der Waals surface area (Å²) in [6, 6.07) is 16.4. The summed E-state index contributed by atoms with van der Waals surface area (Å²) in [6.07, 6.45) is 0. The molecule has 3 heterocycles. The van der Waals surface area contributed by atoms with Crippen LogP contribution in [-0.4, -0.2) is 15.9 Å². The summed E-state index contributed by atoms with van der Waals surface area (Å²) >= 11 is 0. The van der Waals surface area contributed by atoms with E-state index in [9.17, 15) is 4.79 Å². The highest BCUT2D eigenvalue weighted by atomic mass is 16.1. The van der Waals surface area contributed by atoms with E-state index in [1.807, 2.05) is 24.3 Å². The van der Waals surface area contributed by atoms with E-state index in [-0.39, 0.29) is 10.2 Å². The Kier molecular flexibility index (Phi) is 2.02. The fourth-order valence-corrected chi connectivity index (χ4v) is 4.19. The molecule has 5 aromatic rings. The van der Waals surface area contributed by atoms with Crippen LogP contribution in [0.2, 0.25) is 0 Å². The van der Waals surface area contributed by atoms with Gasteiger partial charge in [0.25, 0.3) is 5.91 Å². The highest BCUT2D eigenvalue weighted by Gasteiger charge is 2.28. The van der Waals surface area contributed by atoms with Gasteiger partial charge in [0, 0.05) is 43.4 Å². The summed E-state index contributed by atoms with van der Waals surface area (Å²) in [5.74, 6) is 0.0203. The minimum atomic E-state index is 0. The van der Waals surface area contributed by atoms with Gasteiger partial charge in [-0.15, -0.1) is 0 Å². The molecule has 3 aromatic carbocycles. The van der Waals surface area contributed by atoms with Gasteiger partial charge in [0.1, 0.15) is 0 Å². The molecule has 4 nitrogen and oxygen atoms in total. The van der Waals surface area contributed by atoms with E-state index in [1.54, 1.807) is 0 Å². The first-order valence-electron chi connectivity index (χ1n) is 8.07. The zero-order chi connectivity index (χ0) is 15.8. The van der Waals surface area contributed by atoms with Crippen LogP contribution in [0.4, 0.5) is 0 Å². The molecule has 1 amide bonds. The minimum absolute atomic E-state index is 0. The van der Waals surface area contributed by atoms with Crippen molar-refractivity contribution in [3.05, 3.63) is 59.7 Å². The lowest BCUT2D eigenvalue weighted by atomic mass is 9.97. The topological polar surface area (TPSA) is 60.7 Å². The SMILES string of the molecule is O=C1NCc2c1c1c3ccccc3[nH]c1c1[nH]c3ccccc3c21.[HH].[HH].[HH]. The van der Waals surface area contributed by atoms with E-state index in [2.05, 4.69) is 39.6 Å². The molecule has 0 bridgehead atoms. The van der Waals surface area contributed by atoms with Gasteiger partial charge in [0.15, 0.2) is 0 Å². The zero-order valence-corrected chi connectivity index (χ0v) is 12.7. The van der Waals surface area contributed by atoms with Crippen molar-refractivity contribution in [3.63, 3.8) is 0 Å². The Bertz CT molecular complexity index is 1340. The Morgan fingerprint density at radius 3 is 2.08 bits per heavy atom. The van der Waals surface area contributed by atoms with Crippen molar-refractivity contribution in [2.75, 3.05) is 0 Å². The molecule has 1 aliphatic rings. The summed E-state index contributed by atoms with van der Waals surface area (Å²) in [7, 11) is 0. The number of carbonyl (C=O) groups is 1. The van der Waals surface area contributed by atoms with Gasteiger partial charge in [-0.2, -0.15) is 0 Å². The van der Waals surface area contributed by atoms with Crippen molar-refractivity contribution >= 4 is 49.5 Å². The molecule has 0 saturated heterocycles. The maximum Gasteiger partial charge on any atom is 0.252 e. The van der Waals surface area contributed by atoms with Crippen LogP contribution >= 0.6 is 0 Å². The van der Waals surface area contributed by atoms with Crippen molar-refractivity contribution < 1.29 is 9.07 Å². The first-order chi connectivity index (χ1) is 11.8. The summed E-state index contributed by atoms with van der Waals surface area (Å²) in [5, 5.41) is 7.45. The highest BCUT2D eigenvalue weighted by Crippen LogP contribution is 2.41. The number of nitrogens with one attached hydrogen (secondary N) is 3. The largest absolute Gasteiger partial charge is 0.353 e. The van der Waals surface area contributed by atoms with Crippen molar-refractivity contribution in [2.45, 2.75) is 6.54 Å². The van der Waals surface area contributed by atoms with Crippen molar-refractivity contribution in [1.82, 2.24) is 15.3 Å². The Hall–Kier alpha value is -3.27. The first-order valence-corrected chi connectivity index (χ1v) is 8.07. The number of carbonyl (C=O) groups excluding carboxylic acids is 1. The molecule has 24 heavy (non-hydrogen) atoms. The maximum atomic E-state index is 12.6.